The Morgan fingerprint density at radius 1 is 1.29 bits per heavy atom. The summed E-state index contributed by atoms with van der Waals surface area (Å²) < 4.78 is 10.4. The quantitative estimate of drug-likeness (QED) is 0.905. The molecule has 0 bridgehead atoms. The average molecular weight is 292 g/mol. The highest BCUT2D eigenvalue weighted by Crippen LogP contribution is 2.25. The van der Waals surface area contributed by atoms with E-state index in [1.165, 1.54) is 6.42 Å². The normalized spacial score (nSPS) is 18.2. The zero-order chi connectivity index (χ0) is 15.2. The van der Waals surface area contributed by atoms with Crippen molar-refractivity contribution >= 4 is 11.6 Å². The number of benzene rings is 1. The summed E-state index contributed by atoms with van der Waals surface area (Å²) in [5, 5.41) is 3.15. The van der Waals surface area contributed by atoms with Crippen LogP contribution in [0.15, 0.2) is 18.2 Å². The van der Waals surface area contributed by atoms with Crippen molar-refractivity contribution in [2.45, 2.75) is 19.8 Å². The summed E-state index contributed by atoms with van der Waals surface area (Å²) in [7, 11) is 3.22. The van der Waals surface area contributed by atoms with E-state index in [2.05, 4.69) is 12.2 Å². The molecule has 1 aromatic carbocycles. The molecule has 1 N–H and O–H groups in total. The maximum atomic E-state index is 12.2. The molecule has 116 valence electrons. The molecule has 1 fully saturated rings. The maximum absolute atomic E-state index is 12.2. The minimum Gasteiger partial charge on any atom is -0.497 e. The summed E-state index contributed by atoms with van der Waals surface area (Å²) in [6.45, 7) is 4.22. The fraction of sp³-hybridized carbons (Fsp3) is 0.562. The van der Waals surface area contributed by atoms with Gasteiger partial charge in [0.1, 0.15) is 11.5 Å². The first-order valence-corrected chi connectivity index (χ1v) is 7.37. The Balaban J connectivity index is 1.94. The number of carbonyl (C=O) groups excluding carboxylic acids is 1. The third-order valence-electron chi connectivity index (χ3n) is 3.80. The summed E-state index contributed by atoms with van der Waals surface area (Å²) >= 11 is 0. The van der Waals surface area contributed by atoms with Crippen molar-refractivity contribution in [1.82, 2.24) is 4.90 Å². The lowest BCUT2D eigenvalue weighted by Gasteiger charge is -2.31. The maximum Gasteiger partial charge on any atom is 0.241 e. The molecule has 1 amide bonds. The molecule has 0 unspecified atom stereocenters. The monoisotopic (exact) mass is 292 g/mol. The van der Waals surface area contributed by atoms with Gasteiger partial charge in [0.2, 0.25) is 5.91 Å². The van der Waals surface area contributed by atoms with E-state index in [0.29, 0.717) is 24.0 Å². The number of piperidine rings is 1. The van der Waals surface area contributed by atoms with E-state index in [1.54, 1.807) is 20.3 Å². The highest BCUT2D eigenvalue weighted by molar-refractivity contribution is 5.81. The summed E-state index contributed by atoms with van der Waals surface area (Å²) in [5.41, 5.74) is 0.824. The highest BCUT2D eigenvalue weighted by atomic mass is 16.5. The molecule has 1 aliphatic heterocycles. The molecule has 0 radical (unpaired) electrons. The van der Waals surface area contributed by atoms with Crippen LogP contribution in [-0.2, 0) is 4.79 Å². The molecule has 5 nitrogen and oxygen atoms in total. The molecule has 2 rings (SSSR count). The van der Waals surface area contributed by atoms with Crippen LogP contribution in [0.4, 0.5) is 5.69 Å². The molecule has 0 aromatic heterocycles. The standard InChI is InChI=1S/C16H24N2O3/c1-12-5-4-6-18(11-12)16(19)10-17-13-7-14(20-2)9-15(8-13)21-3/h7-9,12,17H,4-6,10-11H2,1-3H3/t12-/m1/s1. The Morgan fingerprint density at radius 2 is 1.95 bits per heavy atom. The second kappa shape index (κ2) is 7.20. The Kier molecular flexibility index (Phi) is 5.31. The average Bonchev–Trinajstić information content (AvgIpc) is 2.52. The van der Waals surface area contributed by atoms with Crippen molar-refractivity contribution in [3.05, 3.63) is 18.2 Å². The molecule has 21 heavy (non-hydrogen) atoms. The molecule has 1 aliphatic rings. The number of rotatable bonds is 5. The van der Waals surface area contributed by atoms with Crippen molar-refractivity contribution in [2.24, 2.45) is 5.92 Å². The lowest BCUT2D eigenvalue weighted by molar-refractivity contribution is -0.130. The number of anilines is 1. The molecule has 1 heterocycles. The van der Waals surface area contributed by atoms with Crippen molar-refractivity contribution < 1.29 is 14.3 Å². The number of nitrogens with zero attached hydrogens (tertiary/aromatic N) is 1. The van der Waals surface area contributed by atoms with Crippen LogP contribution >= 0.6 is 0 Å². The predicted molar refractivity (Wildman–Crippen MR) is 83.0 cm³/mol. The molecular weight excluding hydrogens is 268 g/mol. The van der Waals surface area contributed by atoms with Crippen LogP contribution in [0.1, 0.15) is 19.8 Å². The second-order valence-corrected chi connectivity index (χ2v) is 5.54. The SMILES string of the molecule is COc1cc(NCC(=O)N2CCC[C@@H](C)C2)cc(OC)c1. The van der Waals surface area contributed by atoms with Gasteiger partial charge in [0.15, 0.2) is 0 Å². The number of amides is 1. The van der Waals surface area contributed by atoms with Gasteiger partial charge in [-0.25, -0.2) is 0 Å². The summed E-state index contributed by atoms with van der Waals surface area (Å²) in [6, 6.07) is 5.52. The van der Waals surface area contributed by atoms with Gasteiger partial charge in [-0.1, -0.05) is 6.92 Å². The van der Waals surface area contributed by atoms with Crippen LogP contribution in [0.25, 0.3) is 0 Å². The largest absolute Gasteiger partial charge is 0.497 e. The van der Waals surface area contributed by atoms with Gasteiger partial charge in [-0.3, -0.25) is 4.79 Å². The minimum atomic E-state index is 0.142. The number of nitrogens with one attached hydrogen (secondary N) is 1. The first-order valence-electron chi connectivity index (χ1n) is 7.37. The van der Waals surface area contributed by atoms with E-state index >= 15 is 0 Å². The van der Waals surface area contributed by atoms with Gasteiger partial charge in [0, 0.05) is 37.0 Å². The molecule has 0 spiro atoms. The molecule has 1 aromatic rings. The fourth-order valence-corrected chi connectivity index (χ4v) is 2.61. The van der Waals surface area contributed by atoms with Crippen LogP contribution in [0.5, 0.6) is 11.5 Å². The fourth-order valence-electron chi connectivity index (χ4n) is 2.61. The smallest absolute Gasteiger partial charge is 0.241 e. The molecule has 1 saturated heterocycles. The van der Waals surface area contributed by atoms with Crippen molar-refractivity contribution in [3.8, 4) is 11.5 Å². The number of likely N-dealkylation sites (tertiary alicyclic amines) is 1. The molecule has 0 aliphatic carbocycles. The Hall–Kier alpha value is -1.91. The Bertz CT molecular complexity index is 468. The topological polar surface area (TPSA) is 50.8 Å². The van der Waals surface area contributed by atoms with Crippen LogP contribution in [-0.4, -0.2) is 44.7 Å². The summed E-state index contributed by atoms with van der Waals surface area (Å²) in [4.78, 5) is 14.2. The zero-order valence-electron chi connectivity index (χ0n) is 13.0. The number of carbonyl (C=O) groups is 1. The second-order valence-electron chi connectivity index (χ2n) is 5.54. The number of hydrogen-bond donors (Lipinski definition) is 1. The van der Waals surface area contributed by atoms with E-state index in [1.807, 2.05) is 17.0 Å². The Morgan fingerprint density at radius 3 is 2.52 bits per heavy atom. The minimum absolute atomic E-state index is 0.142. The number of hydrogen-bond acceptors (Lipinski definition) is 4. The summed E-state index contributed by atoms with van der Waals surface area (Å²) in [6.07, 6.45) is 2.31. The number of ether oxygens (including phenoxy) is 2. The van der Waals surface area contributed by atoms with Gasteiger partial charge in [0.05, 0.1) is 20.8 Å². The van der Waals surface area contributed by atoms with Gasteiger partial charge >= 0.3 is 0 Å². The lowest BCUT2D eigenvalue weighted by atomic mass is 10.0. The van der Waals surface area contributed by atoms with Crippen molar-refractivity contribution in [1.29, 1.82) is 0 Å². The highest BCUT2D eigenvalue weighted by Gasteiger charge is 2.20. The van der Waals surface area contributed by atoms with E-state index in [0.717, 1.165) is 25.2 Å². The van der Waals surface area contributed by atoms with E-state index in [-0.39, 0.29) is 5.91 Å². The van der Waals surface area contributed by atoms with Crippen LogP contribution in [0.2, 0.25) is 0 Å². The van der Waals surface area contributed by atoms with Crippen LogP contribution < -0.4 is 14.8 Å². The molecule has 5 heteroatoms. The van der Waals surface area contributed by atoms with Crippen LogP contribution in [0.3, 0.4) is 0 Å². The molecule has 1 atom stereocenters. The van der Waals surface area contributed by atoms with Crippen molar-refractivity contribution in [2.75, 3.05) is 39.2 Å². The lowest BCUT2D eigenvalue weighted by Crippen LogP contribution is -2.41. The third-order valence-corrected chi connectivity index (χ3v) is 3.80. The van der Waals surface area contributed by atoms with Crippen LogP contribution in [0, 0.1) is 5.92 Å². The number of methoxy groups -OCH3 is 2. The van der Waals surface area contributed by atoms with E-state index in [4.69, 9.17) is 9.47 Å². The summed E-state index contributed by atoms with van der Waals surface area (Å²) in [5.74, 6) is 2.15. The predicted octanol–water partition coefficient (Wildman–Crippen LogP) is 2.37. The first-order chi connectivity index (χ1) is 10.1. The van der Waals surface area contributed by atoms with E-state index < -0.39 is 0 Å². The Labute approximate surface area is 126 Å². The van der Waals surface area contributed by atoms with Crippen molar-refractivity contribution in [3.63, 3.8) is 0 Å². The molecular formula is C16H24N2O3. The zero-order valence-corrected chi connectivity index (χ0v) is 13.0. The first kappa shape index (κ1) is 15.5. The van der Waals surface area contributed by atoms with Gasteiger partial charge in [-0.2, -0.15) is 0 Å². The van der Waals surface area contributed by atoms with Gasteiger partial charge in [0.25, 0.3) is 0 Å². The van der Waals surface area contributed by atoms with Gasteiger partial charge in [-0.15, -0.1) is 0 Å². The molecule has 0 saturated carbocycles. The van der Waals surface area contributed by atoms with Gasteiger partial charge in [-0.05, 0) is 18.8 Å². The third kappa shape index (κ3) is 4.28. The van der Waals surface area contributed by atoms with E-state index in [9.17, 15) is 4.79 Å². The van der Waals surface area contributed by atoms with Gasteiger partial charge < -0.3 is 19.7 Å².